The Balaban J connectivity index is 2.58. The van der Waals surface area contributed by atoms with Gasteiger partial charge in [0.15, 0.2) is 5.41 Å². The molecule has 1 unspecified atom stereocenters. The number of allylic oxidation sites excluding steroid dienone is 2. The quantitative estimate of drug-likeness (QED) is 0.224. The van der Waals surface area contributed by atoms with Crippen LogP contribution in [0.4, 0.5) is 5.69 Å². The minimum atomic E-state index is -2.34. The number of methoxy groups -OCH3 is 2. The first-order valence-corrected chi connectivity index (χ1v) is 9.27. The van der Waals surface area contributed by atoms with Crippen LogP contribution in [0.15, 0.2) is 48.1 Å². The predicted octanol–water partition coefficient (Wildman–Crippen LogP) is 1.95. The Morgan fingerprint density at radius 3 is 2.19 bits per heavy atom. The molecule has 10 nitrogen and oxygen atoms in total. The number of nitro groups is 1. The lowest BCUT2D eigenvalue weighted by Gasteiger charge is -2.24. The van der Waals surface area contributed by atoms with Crippen molar-refractivity contribution in [2.75, 3.05) is 20.8 Å². The molecule has 0 bridgehead atoms. The van der Waals surface area contributed by atoms with Crippen molar-refractivity contribution in [3.63, 3.8) is 0 Å². The Hall–Kier alpha value is -3.53. The molecule has 1 aromatic carbocycles. The van der Waals surface area contributed by atoms with Crippen LogP contribution in [0.1, 0.15) is 25.3 Å². The molecule has 0 heterocycles. The summed E-state index contributed by atoms with van der Waals surface area (Å²) < 4.78 is 14.5. The first kappa shape index (κ1) is 23.7. The number of hydrogen-bond donors (Lipinski definition) is 1. The van der Waals surface area contributed by atoms with Crippen LogP contribution in [0, 0.1) is 15.5 Å². The van der Waals surface area contributed by atoms with Gasteiger partial charge in [0.05, 0.1) is 25.7 Å². The Morgan fingerprint density at radius 1 is 1.19 bits per heavy atom. The van der Waals surface area contributed by atoms with Gasteiger partial charge in [-0.1, -0.05) is 12.2 Å². The molecule has 1 N–H and O–H groups in total. The molecule has 1 fully saturated rings. The number of non-ortho nitro benzene ring substituents is 1. The van der Waals surface area contributed by atoms with Crippen LogP contribution in [-0.2, 0) is 34.2 Å². The van der Waals surface area contributed by atoms with Crippen LogP contribution in [-0.4, -0.2) is 48.8 Å². The van der Waals surface area contributed by atoms with E-state index in [0.717, 1.165) is 32.4 Å². The summed E-state index contributed by atoms with van der Waals surface area (Å²) in [5.41, 5.74) is -3.69. The van der Waals surface area contributed by atoms with Gasteiger partial charge in [-0.2, -0.15) is 0 Å². The number of esters is 3. The standard InChI is InChI=1S/C21H23NO9/c1-5-31-19(25)21(26,15-6-8-16(9-7-15)22(27)28)12-14-11-20(10-13(14)2,17(23)29-3)18(24)30-4/h6-9,12,26H,2,5,10-11H2,1,3-4H3/b14-12+. The molecule has 0 spiro atoms. The van der Waals surface area contributed by atoms with Gasteiger partial charge in [0.25, 0.3) is 5.69 Å². The molecule has 1 saturated carbocycles. The van der Waals surface area contributed by atoms with E-state index in [1.807, 2.05) is 0 Å². The highest BCUT2D eigenvalue weighted by molar-refractivity contribution is 6.02. The van der Waals surface area contributed by atoms with Gasteiger partial charge in [0.1, 0.15) is 0 Å². The fourth-order valence-electron chi connectivity index (χ4n) is 3.50. The number of hydrogen-bond acceptors (Lipinski definition) is 9. The van der Waals surface area contributed by atoms with E-state index in [1.54, 1.807) is 6.92 Å². The number of nitro benzene ring substituents is 1. The third-order valence-corrected chi connectivity index (χ3v) is 5.10. The van der Waals surface area contributed by atoms with E-state index < -0.39 is 33.8 Å². The van der Waals surface area contributed by atoms with Crippen molar-refractivity contribution in [1.29, 1.82) is 0 Å². The lowest BCUT2D eigenvalue weighted by Crippen LogP contribution is -2.39. The largest absolute Gasteiger partial charge is 0.468 e. The summed E-state index contributed by atoms with van der Waals surface area (Å²) in [6, 6.07) is 4.71. The third-order valence-electron chi connectivity index (χ3n) is 5.10. The topological polar surface area (TPSA) is 142 Å². The maximum atomic E-state index is 12.7. The van der Waals surface area contributed by atoms with Gasteiger partial charge in [0.2, 0.25) is 5.60 Å². The Kier molecular flexibility index (Phi) is 6.96. The van der Waals surface area contributed by atoms with Crippen molar-refractivity contribution in [2.24, 2.45) is 5.41 Å². The number of carbonyl (C=O) groups is 3. The SMILES string of the molecule is C=C1CC(C(=O)OC)(C(=O)OC)C/C1=C\C(O)(C(=O)OCC)c1ccc([N+](=O)[O-])cc1. The molecule has 1 atom stereocenters. The lowest BCUT2D eigenvalue weighted by atomic mass is 9.85. The normalized spacial score (nSPS) is 18.2. The average Bonchev–Trinajstić information content (AvgIpc) is 3.09. The Morgan fingerprint density at radius 2 is 1.74 bits per heavy atom. The van der Waals surface area contributed by atoms with Crippen LogP contribution in [0.5, 0.6) is 0 Å². The molecule has 31 heavy (non-hydrogen) atoms. The fraction of sp³-hybridized carbons (Fsp3) is 0.381. The minimum Gasteiger partial charge on any atom is -0.468 e. The number of ether oxygens (including phenoxy) is 3. The highest BCUT2D eigenvalue weighted by Crippen LogP contribution is 2.47. The average molecular weight is 433 g/mol. The molecule has 0 aromatic heterocycles. The molecule has 10 heteroatoms. The Labute approximate surface area is 178 Å². The molecule has 1 aliphatic rings. The second-order valence-corrected chi connectivity index (χ2v) is 6.98. The van der Waals surface area contributed by atoms with E-state index in [-0.39, 0.29) is 36.3 Å². The van der Waals surface area contributed by atoms with Crippen molar-refractivity contribution in [3.8, 4) is 0 Å². The van der Waals surface area contributed by atoms with E-state index in [1.165, 1.54) is 12.1 Å². The van der Waals surface area contributed by atoms with Gasteiger partial charge in [-0.25, -0.2) is 4.79 Å². The molecule has 0 radical (unpaired) electrons. The molecular weight excluding hydrogens is 410 g/mol. The van der Waals surface area contributed by atoms with Crippen molar-refractivity contribution < 1.29 is 38.6 Å². The number of benzene rings is 1. The lowest BCUT2D eigenvalue weighted by molar-refractivity contribution is -0.384. The summed E-state index contributed by atoms with van der Waals surface area (Å²) in [6.45, 7) is 5.36. The van der Waals surface area contributed by atoms with Crippen LogP contribution >= 0.6 is 0 Å². The van der Waals surface area contributed by atoms with E-state index in [4.69, 9.17) is 14.2 Å². The van der Waals surface area contributed by atoms with Crippen molar-refractivity contribution >= 4 is 23.6 Å². The first-order valence-electron chi connectivity index (χ1n) is 9.27. The van der Waals surface area contributed by atoms with Crippen LogP contribution in [0.2, 0.25) is 0 Å². The molecule has 0 saturated heterocycles. The molecule has 166 valence electrons. The summed E-state index contributed by atoms with van der Waals surface area (Å²) >= 11 is 0. The van der Waals surface area contributed by atoms with Crippen LogP contribution in [0.3, 0.4) is 0 Å². The van der Waals surface area contributed by atoms with Crippen molar-refractivity contribution in [1.82, 2.24) is 0 Å². The minimum absolute atomic E-state index is 0.00508. The van der Waals surface area contributed by atoms with E-state index in [9.17, 15) is 29.6 Å². The van der Waals surface area contributed by atoms with Gasteiger partial charge >= 0.3 is 17.9 Å². The van der Waals surface area contributed by atoms with E-state index in [0.29, 0.717) is 5.57 Å². The zero-order valence-corrected chi connectivity index (χ0v) is 17.4. The van der Waals surface area contributed by atoms with E-state index in [2.05, 4.69) is 6.58 Å². The molecule has 1 aliphatic carbocycles. The number of nitrogens with zero attached hydrogens (tertiary/aromatic N) is 1. The molecule has 2 rings (SSSR count). The highest BCUT2D eigenvalue weighted by Gasteiger charge is 2.54. The van der Waals surface area contributed by atoms with Gasteiger partial charge in [0, 0.05) is 12.1 Å². The van der Waals surface area contributed by atoms with Crippen LogP contribution < -0.4 is 0 Å². The summed E-state index contributed by atoms with van der Waals surface area (Å²) in [4.78, 5) is 47.7. The third kappa shape index (κ3) is 4.33. The second-order valence-electron chi connectivity index (χ2n) is 6.98. The predicted molar refractivity (Wildman–Crippen MR) is 107 cm³/mol. The number of carbonyl (C=O) groups excluding carboxylic acids is 3. The highest BCUT2D eigenvalue weighted by atomic mass is 16.6. The molecule has 0 amide bonds. The summed E-state index contributed by atoms with van der Waals surface area (Å²) in [7, 11) is 2.26. The zero-order chi connectivity index (χ0) is 23.4. The summed E-state index contributed by atoms with van der Waals surface area (Å²) in [5, 5.41) is 22.2. The smallest absolute Gasteiger partial charge is 0.347 e. The summed E-state index contributed by atoms with van der Waals surface area (Å²) in [5.74, 6) is -2.70. The van der Waals surface area contributed by atoms with E-state index >= 15 is 0 Å². The maximum absolute atomic E-state index is 12.7. The van der Waals surface area contributed by atoms with Crippen molar-refractivity contribution in [2.45, 2.75) is 25.4 Å². The van der Waals surface area contributed by atoms with Gasteiger partial charge in [-0.15, -0.1) is 0 Å². The number of rotatable bonds is 7. The van der Waals surface area contributed by atoms with Gasteiger partial charge in [-0.3, -0.25) is 19.7 Å². The van der Waals surface area contributed by atoms with Crippen molar-refractivity contribution in [3.05, 3.63) is 63.7 Å². The molecule has 1 aromatic rings. The fourth-order valence-corrected chi connectivity index (χ4v) is 3.50. The Bertz CT molecular complexity index is 932. The molecule has 0 aliphatic heterocycles. The second kappa shape index (κ2) is 9.09. The van der Waals surface area contributed by atoms with Gasteiger partial charge in [-0.05, 0) is 49.1 Å². The van der Waals surface area contributed by atoms with Crippen LogP contribution in [0.25, 0.3) is 0 Å². The summed E-state index contributed by atoms with van der Waals surface area (Å²) in [6.07, 6.45) is 0.791. The zero-order valence-electron chi connectivity index (χ0n) is 17.4. The molecular formula is C21H23NO9. The number of aliphatic hydroxyl groups is 1. The van der Waals surface area contributed by atoms with Gasteiger partial charge < -0.3 is 19.3 Å². The monoisotopic (exact) mass is 433 g/mol. The maximum Gasteiger partial charge on any atom is 0.347 e. The first-order chi connectivity index (χ1) is 14.5.